The number of nitrogens with zero attached hydrogens (tertiary/aromatic N) is 4. The third-order valence-electron chi connectivity index (χ3n) is 4.62. The number of aliphatic carboxylic acids is 1. The van der Waals surface area contributed by atoms with Crippen LogP contribution in [0.5, 0.6) is 5.75 Å². The minimum absolute atomic E-state index is 0.0530. The maximum atomic E-state index is 13.0. The summed E-state index contributed by atoms with van der Waals surface area (Å²) < 4.78 is 5.06. The number of carboxylic acid groups (broad SMARTS) is 1. The number of hydrogen-bond donors (Lipinski definition) is 6. The summed E-state index contributed by atoms with van der Waals surface area (Å²) in [6.45, 7) is -1.95. The predicted molar refractivity (Wildman–Crippen MR) is 119 cm³/mol. The van der Waals surface area contributed by atoms with Crippen molar-refractivity contribution in [2.75, 3.05) is 18.9 Å². The molecule has 198 valence electrons. The van der Waals surface area contributed by atoms with Crippen LogP contribution in [0.2, 0.25) is 0 Å². The fourth-order valence-electron chi connectivity index (χ4n) is 2.93. The molecule has 1 saturated heterocycles. The summed E-state index contributed by atoms with van der Waals surface area (Å²) in [5, 5.41) is 35.9. The van der Waals surface area contributed by atoms with Gasteiger partial charge < -0.3 is 41.8 Å². The van der Waals surface area contributed by atoms with Crippen LogP contribution in [0, 0.1) is 0 Å². The smallest absolute Gasteiger partial charge is 0.404 e. The normalized spacial score (nSPS) is 17.1. The summed E-state index contributed by atoms with van der Waals surface area (Å²) in [6.07, 6.45) is -0.457. The van der Waals surface area contributed by atoms with Crippen LogP contribution in [0.4, 0.5) is 9.93 Å². The minimum atomic E-state index is -1.38. The van der Waals surface area contributed by atoms with Crippen LogP contribution in [-0.2, 0) is 35.4 Å². The van der Waals surface area contributed by atoms with Crippen molar-refractivity contribution >= 4 is 46.1 Å². The van der Waals surface area contributed by atoms with Gasteiger partial charge in [0.25, 0.3) is 11.8 Å². The van der Waals surface area contributed by atoms with Gasteiger partial charge in [-0.15, -0.1) is 11.3 Å². The Labute approximate surface area is 209 Å². The van der Waals surface area contributed by atoms with E-state index in [2.05, 4.69) is 20.2 Å². The Bertz CT molecular complexity index is 1310. The molecule has 0 bridgehead atoms. The van der Waals surface area contributed by atoms with Crippen molar-refractivity contribution in [1.82, 2.24) is 20.1 Å². The van der Waals surface area contributed by atoms with E-state index < -0.39 is 72.7 Å². The number of aromatic hydroxyl groups is 1. The van der Waals surface area contributed by atoms with Gasteiger partial charge >= 0.3 is 12.1 Å². The van der Waals surface area contributed by atoms with Crippen molar-refractivity contribution in [2.45, 2.75) is 18.7 Å². The van der Waals surface area contributed by atoms with Gasteiger partial charge in [0.15, 0.2) is 29.8 Å². The average Bonchev–Trinajstić information content (AvgIpc) is 3.25. The molecule has 2 aromatic rings. The summed E-state index contributed by atoms with van der Waals surface area (Å²) in [5.41, 5.74) is 9.09. The van der Waals surface area contributed by atoms with Gasteiger partial charge in [-0.05, 0) is 0 Å². The number of ether oxygens (including phenoxy) is 1. The topological polar surface area (TPSA) is 271 Å². The van der Waals surface area contributed by atoms with Crippen LogP contribution in [0.15, 0.2) is 27.6 Å². The van der Waals surface area contributed by atoms with E-state index >= 15 is 0 Å². The van der Waals surface area contributed by atoms with E-state index in [-0.39, 0.29) is 16.5 Å². The molecule has 0 unspecified atom stereocenters. The van der Waals surface area contributed by atoms with Crippen molar-refractivity contribution in [2.24, 2.45) is 10.9 Å². The largest absolute Gasteiger partial charge is 0.503 e. The van der Waals surface area contributed by atoms with Gasteiger partial charge in [-0.2, -0.15) is 4.73 Å². The maximum absolute atomic E-state index is 13.0. The molecular formula is C18H19N7O11S. The first kappa shape index (κ1) is 26.7. The molecule has 37 heavy (non-hydrogen) atoms. The van der Waals surface area contributed by atoms with Gasteiger partial charge in [0.1, 0.15) is 30.1 Å². The second-order valence-electron chi connectivity index (χ2n) is 7.12. The Morgan fingerprint density at radius 2 is 2.03 bits per heavy atom. The number of nitrogen functional groups attached to an aromatic ring is 1. The highest BCUT2D eigenvalue weighted by molar-refractivity contribution is 7.13. The van der Waals surface area contributed by atoms with E-state index in [0.29, 0.717) is 9.79 Å². The number of aromatic nitrogens is 2. The highest BCUT2D eigenvalue weighted by Gasteiger charge is 2.51. The molecule has 1 aliphatic heterocycles. The van der Waals surface area contributed by atoms with Crippen molar-refractivity contribution in [3.8, 4) is 5.75 Å². The highest BCUT2D eigenvalue weighted by Crippen LogP contribution is 2.22. The van der Waals surface area contributed by atoms with Crippen molar-refractivity contribution < 1.29 is 49.0 Å². The van der Waals surface area contributed by atoms with Gasteiger partial charge in [-0.25, -0.2) is 19.6 Å². The fourth-order valence-corrected chi connectivity index (χ4v) is 3.47. The van der Waals surface area contributed by atoms with E-state index in [1.165, 1.54) is 5.38 Å². The Morgan fingerprint density at radius 1 is 1.30 bits per heavy atom. The third-order valence-corrected chi connectivity index (χ3v) is 5.29. The van der Waals surface area contributed by atoms with Crippen molar-refractivity contribution in [1.29, 1.82) is 0 Å². The molecule has 8 N–H and O–H groups in total. The van der Waals surface area contributed by atoms with E-state index in [1.807, 2.05) is 0 Å². The summed E-state index contributed by atoms with van der Waals surface area (Å²) in [5.74, 6) is -3.96. The maximum Gasteiger partial charge on any atom is 0.404 e. The molecule has 0 aliphatic carbocycles. The Balaban J connectivity index is 1.78. The zero-order valence-electron chi connectivity index (χ0n) is 18.5. The van der Waals surface area contributed by atoms with Gasteiger partial charge in [0.05, 0.1) is 6.20 Å². The molecule has 18 nitrogen and oxygen atoms in total. The van der Waals surface area contributed by atoms with Crippen LogP contribution in [0.3, 0.4) is 0 Å². The quantitative estimate of drug-likeness (QED) is 0.0747. The van der Waals surface area contributed by atoms with E-state index in [1.54, 1.807) is 0 Å². The lowest BCUT2D eigenvalue weighted by Gasteiger charge is -2.44. The number of carbonyl (C=O) groups excluding carboxylic acids is 3. The number of oxime groups is 1. The second-order valence-corrected chi connectivity index (χ2v) is 8.01. The molecule has 0 saturated carbocycles. The van der Waals surface area contributed by atoms with E-state index in [9.17, 15) is 34.3 Å². The molecule has 2 atom stereocenters. The van der Waals surface area contributed by atoms with Crippen LogP contribution in [0.1, 0.15) is 11.4 Å². The molecule has 1 aliphatic rings. The molecular weight excluding hydrogens is 522 g/mol. The number of rotatable bonds is 11. The number of primary amides is 1. The van der Waals surface area contributed by atoms with Gasteiger partial charge in [0, 0.05) is 11.4 Å². The van der Waals surface area contributed by atoms with Gasteiger partial charge in [0.2, 0.25) is 5.43 Å². The summed E-state index contributed by atoms with van der Waals surface area (Å²) in [4.78, 5) is 72.6. The number of carbonyl (C=O) groups is 4. The molecule has 0 radical (unpaired) electrons. The van der Waals surface area contributed by atoms with Crippen LogP contribution >= 0.6 is 11.3 Å². The number of nitrogens with two attached hydrogens (primary N) is 2. The lowest BCUT2D eigenvalue weighted by Crippen LogP contribution is -2.72. The molecule has 2 aromatic heterocycles. The lowest BCUT2D eigenvalue weighted by molar-refractivity contribution is -0.240. The standard InChI is InChI=1S/C18H19N7O11S/c19-17-21-8(6-37-17)13(23-35-3-7-1-10(26)11(27)2-24(7)33)15(30)22-14-9(4-34-18(20)32)25(16(14)31)36-5-12(28)29/h1-2,6,9,14,27,33H,3-5H2,(H2,19,21)(H2,20,32)(H,22,30)(H,28,29)/b23-13-/t9-,14+/m1/s1. The first-order valence-corrected chi connectivity index (χ1v) is 10.8. The lowest BCUT2D eigenvalue weighted by atomic mass is 9.98. The Morgan fingerprint density at radius 3 is 2.65 bits per heavy atom. The number of pyridine rings is 1. The molecule has 3 rings (SSSR count). The number of thiazole rings is 1. The minimum Gasteiger partial charge on any atom is -0.503 e. The van der Waals surface area contributed by atoms with Crippen molar-refractivity contribution in [3.05, 3.63) is 39.3 Å². The fraction of sp³-hybridized carbons (Fsp3) is 0.278. The van der Waals surface area contributed by atoms with E-state index in [0.717, 1.165) is 23.6 Å². The number of nitrogens with one attached hydrogen (secondary N) is 1. The summed E-state index contributed by atoms with van der Waals surface area (Å²) in [6, 6.07) is -1.61. The van der Waals surface area contributed by atoms with Gasteiger partial charge in [-0.1, -0.05) is 5.16 Å². The molecule has 3 heterocycles. The first-order valence-electron chi connectivity index (χ1n) is 9.94. The van der Waals surface area contributed by atoms with Gasteiger partial charge in [-0.3, -0.25) is 19.2 Å². The SMILES string of the molecule is NC(=O)OC[C@@H]1[C@H](NC(=O)/C(=N\OCc2cc(=O)c(O)cn2O)c2csc(N)n2)C(=O)N1OCC(=O)O. The zero-order valence-corrected chi connectivity index (χ0v) is 19.3. The van der Waals surface area contributed by atoms with E-state index in [4.69, 9.17) is 26.2 Å². The Hall–Kier alpha value is -4.91. The molecule has 0 aromatic carbocycles. The number of hydrogen-bond acceptors (Lipinski definition) is 14. The highest BCUT2D eigenvalue weighted by atomic mass is 32.1. The second kappa shape index (κ2) is 11.2. The van der Waals surface area contributed by atoms with Crippen LogP contribution in [-0.4, -0.2) is 85.1 Å². The number of β-lactam (4-membered cyclic amide) rings is 1. The third kappa shape index (κ3) is 6.41. The number of hydroxylamine groups is 2. The molecule has 1 fully saturated rings. The Kier molecular flexibility index (Phi) is 8.09. The number of carboxylic acids is 1. The predicted octanol–water partition coefficient (Wildman–Crippen LogP) is -2.44. The number of amides is 3. The summed E-state index contributed by atoms with van der Waals surface area (Å²) >= 11 is 0.962. The van der Waals surface area contributed by atoms with Crippen LogP contribution in [0.25, 0.3) is 0 Å². The average molecular weight is 541 g/mol. The summed E-state index contributed by atoms with van der Waals surface area (Å²) in [7, 11) is 0. The molecule has 0 spiro atoms. The first-order chi connectivity index (χ1) is 17.5. The van der Waals surface area contributed by atoms with Crippen molar-refractivity contribution in [3.63, 3.8) is 0 Å². The van der Waals surface area contributed by atoms with Crippen LogP contribution < -0.4 is 22.2 Å². The number of anilines is 1. The molecule has 19 heteroatoms. The monoisotopic (exact) mass is 541 g/mol. The molecule has 3 amide bonds. The zero-order chi connectivity index (χ0) is 27.3.